The Morgan fingerprint density at radius 3 is 2.15 bits per heavy atom. The van der Waals surface area contributed by atoms with Crippen molar-refractivity contribution in [2.24, 2.45) is 0 Å². The molecule has 4 aromatic rings. The zero-order chi connectivity index (χ0) is 44.0. The highest BCUT2D eigenvalue weighted by molar-refractivity contribution is 7.22. The van der Waals surface area contributed by atoms with E-state index in [-0.39, 0.29) is 85.4 Å². The maximum absolute atomic E-state index is 17.5. The summed E-state index contributed by atoms with van der Waals surface area (Å²) in [5.74, 6) is -2.51. The lowest BCUT2D eigenvalue weighted by Crippen LogP contribution is -2.66. The van der Waals surface area contributed by atoms with Gasteiger partial charge < -0.3 is 28.7 Å². The molecule has 21 heteroatoms. The summed E-state index contributed by atoms with van der Waals surface area (Å²) in [6.07, 6.45) is -9.39. The van der Waals surface area contributed by atoms with Gasteiger partial charge in [0.2, 0.25) is 0 Å². The molecule has 4 atom stereocenters. The Morgan fingerprint density at radius 1 is 0.902 bits per heavy atom. The minimum Gasteiger partial charge on any atom is -0.461 e. The van der Waals surface area contributed by atoms with E-state index in [4.69, 9.17) is 18.9 Å². The Bertz CT molecular complexity index is 2360. The van der Waals surface area contributed by atoms with Crippen LogP contribution in [0.1, 0.15) is 59.9 Å². The monoisotopic (exact) mass is 883 g/mol. The van der Waals surface area contributed by atoms with Crippen LogP contribution in [0, 0.1) is 11.6 Å². The predicted octanol–water partition coefficient (Wildman–Crippen LogP) is 8.28. The van der Waals surface area contributed by atoms with E-state index in [1.807, 2.05) is 0 Å². The molecule has 2 amide bonds. The lowest BCUT2D eigenvalue weighted by Gasteiger charge is -2.50. The molecule has 0 spiro atoms. The maximum atomic E-state index is 17.5. The molecule has 0 saturated carbocycles. The summed E-state index contributed by atoms with van der Waals surface area (Å²) in [7, 11) is 0. The van der Waals surface area contributed by atoms with Crippen LogP contribution in [0.2, 0.25) is 0 Å². The number of anilines is 2. The molecule has 8 rings (SSSR count). The van der Waals surface area contributed by atoms with E-state index >= 15 is 22.0 Å². The molecule has 2 aromatic heterocycles. The number of thiazole rings is 1. The fraction of sp³-hybridized carbons (Fsp3) is 0.575. The molecule has 4 aliphatic rings. The summed E-state index contributed by atoms with van der Waals surface area (Å²) < 4.78 is 131. The fourth-order valence-corrected chi connectivity index (χ4v) is 9.57. The van der Waals surface area contributed by atoms with Crippen molar-refractivity contribution in [3.63, 3.8) is 0 Å². The van der Waals surface area contributed by atoms with E-state index in [0.717, 1.165) is 12.1 Å². The molecule has 2 bridgehead atoms. The van der Waals surface area contributed by atoms with Gasteiger partial charge in [-0.05, 0) is 59.7 Å². The van der Waals surface area contributed by atoms with Gasteiger partial charge in [-0.3, -0.25) is 10.2 Å². The number of fused-ring (bicyclic) bond motifs is 5. The van der Waals surface area contributed by atoms with E-state index in [1.54, 1.807) is 51.3 Å². The third-order valence-corrected chi connectivity index (χ3v) is 11.9. The molecule has 330 valence electrons. The van der Waals surface area contributed by atoms with Gasteiger partial charge >= 0.3 is 24.4 Å². The third kappa shape index (κ3) is 8.44. The average molecular weight is 884 g/mol. The molecular formula is C40H44F7N7O6S. The fourth-order valence-electron chi connectivity index (χ4n) is 8.69. The highest BCUT2D eigenvalue weighted by Gasteiger charge is 2.53. The van der Waals surface area contributed by atoms with Gasteiger partial charge in [-0.1, -0.05) is 11.3 Å². The van der Waals surface area contributed by atoms with Crippen LogP contribution in [-0.2, 0) is 20.4 Å². The number of halogens is 7. The molecule has 0 aliphatic carbocycles. The third-order valence-electron chi connectivity index (χ3n) is 10.9. The number of nitrogens with one attached hydrogen (secondary N) is 1. The molecule has 6 heterocycles. The van der Waals surface area contributed by atoms with Crippen molar-refractivity contribution in [1.29, 1.82) is 0 Å². The number of amides is 2. The summed E-state index contributed by atoms with van der Waals surface area (Å²) in [5.41, 5.74) is -6.71. The van der Waals surface area contributed by atoms with Gasteiger partial charge in [0.1, 0.15) is 47.3 Å². The van der Waals surface area contributed by atoms with Gasteiger partial charge in [0, 0.05) is 55.5 Å². The van der Waals surface area contributed by atoms with Crippen molar-refractivity contribution < 1.29 is 59.3 Å². The number of ether oxygens (including phenoxy) is 4. The topological polar surface area (TPSA) is 131 Å². The molecule has 13 nitrogen and oxygen atoms in total. The summed E-state index contributed by atoms with van der Waals surface area (Å²) >= 11 is 0.614. The first-order chi connectivity index (χ1) is 28.5. The van der Waals surface area contributed by atoms with Crippen molar-refractivity contribution in [1.82, 2.24) is 24.8 Å². The van der Waals surface area contributed by atoms with Gasteiger partial charge in [0.15, 0.2) is 10.9 Å². The number of hydrogen-bond donors (Lipinski definition) is 1. The number of aromatic nitrogens is 3. The number of rotatable bonds is 6. The number of piperazine rings is 1. The molecule has 4 fully saturated rings. The van der Waals surface area contributed by atoms with Crippen molar-refractivity contribution in [2.45, 2.75) is 102 Å². The predicted molar refractivity (Wildman–Crippen MR) is 210 cm³/mol. The molecule has 1 N–H and O–H groups in total. The number of alkyl halides is 5. The minimum absolute atomic E-state index is 0.00466. The minimum atomic E-state index is -5.21. The summed E-state index contributed by atoms with van der Waals surface area (Å²) in [6.45, 7) is 9.64. The van der Waals surface area contributed by atoms with E-state index < -0.39 is 99.4 Å². The van der Waals surface area contributed by atoms with Crippen molar-refractivity contribution in [3.8, 4) is 17.1 Å². The molecule has 0 radical (unpaired) electrons. The standard InChI is InChI=1S/C40H44F7N7O6S/c1-37(2,3)59-35(55)51-34-49-30-23(7-8-26(43)31(30)61-34)27-25(40(45,46)47)9-24-29(28(27)44)48-33(58-18-39-10-19(41)12-53(39)13-20(42)11-39)50-32(24)54-21-14-52(15-22(54)17-57-16-21)36(56)60-38(4,5)6/h7-9,19-22H,10-18H2,1-6H3,(H,49,51,55). The number of morpholine rings is 1. The SMILES string of the molecule is CC(C)(C)OC(=O)Nc1nc2c(-c3c(C(F)(F)F)cc4c(N5C6COCC5CN(C(=O)OC(C)(C)C)C6)nc(OCC56CC(F)CN5CC(F)C6)nc4c3F)ccc(F)c2s1. The van der Waals surface area contributed by atoms with Crippen LogP contribution in [-0.4, -0.2) is 124 Å². The molecule has 61 heavy (non-hydrogen) atoms. The average Bonchev–Trinajstić information content (AvgIpc) is 3.77. The van der Waals surface area contributed by atoms with E-state index in [1.165, 1.54) is 4.90 Å². The first-order valence-corrected chi connectivity index (χ1v) is 20.5. The smallest absolute Gasteiger partial charge is 0.417 e. The van der Waals surface area contributed by atoms with Crippen LogP contribution in [0.4, 0.5) is 51.3 Å². The lowest BCUT2D eigenvalue weighted by atomic mass is 9.94. The quantitative estimate of drug-likeness (QED) is 0.188. The Morgan fingerprint density at radius 2 is 1.54 bits per heavy atom. The second-order valence-electron chi connectivity index (χ2n) is 17.9. The normalized spacial score (nSPS) is 24.7. The second kappa shape index (κ2) is 15.2. The number of carbonyl (C=O) groups is 2. The van der Waals surface area contributed by atoms with Gasteiger partial charge in [-0.25, -0.2) is 32.1 Å². The van der Waals surface area contributed by atoms with Crippen LogP contribution in [0.3, 0.4) is 0 Å². The molecular weight excluding hydrogens is 840 g/mol. The Hall–Kier alpha value is -4.76. The Labute approximate surface area is 349 Å². The Balaban J connectivity index is 1.28. The van der Waals surface area contributed by atoms with E-state index in [9.17, 15) is 18.4 Å². The molecule has 2 aromatic carbocycles. The largest absolute Gasteiger partial charge is 0.461 e. The van der Waals surface area contributed by atoms with Gasteiger partial charge in [-0.2, -0.15) is 23.1 Å². The van der Waals surface area contributed by atoms with Crippen molar-refractivity contribution in [3.05, 3.63) is 35.4 Å². The Kier molecular flexibility index (Phi) is 10.7. The number of hydrogen-bond acceptors (Lipinski definition) is 12. The molecule has 4 saturated heterocycles. The number of benzene rings is 2. The van der Waals surface area contributed by atoms with Crippen molar-refractivity contribution >= 4 is 55.6 Å². The van der Waals surface area contributed by atoms with E-state index in [0.29, 0.717) is 17.4 Å². The lowest BCUT2D eigenvalue weighted by molar-refractivity contribution is -0.137. The summed E-state index contributed by atoms with van der Waals surface area (Å²) in [5, 5.41) is 1.78. The van der Waals surface area contributed by atoms with Crippen LogP contribution in [0.15, 0.2) is 18.2 Å². The molecule has 4 unspecified atom stereocenters. The summed E-state index contributed by atoms with van der Waals surface area (Å²) in [4.78, 5) is 43.7. The van der Waals surface area contributed by atoms with Crippen LogP contribution in [0.25, 0.3) is 32.2 Å². The number of carbonyl (C=O) groups excluding carboxylic acids is 2. The first kappa shape index (κ1) is 42.9. The maximum Gasteiger partial charge on any atom is 0.417 e. The zero-order valence-electron chi connectivity index (χ0n) is 34.1. The zero-order valence-corrected chi connectivity index (χ0v) is 34.9. The summed E-state index contributed by atoms with van der Waals surface area (Å²) in [6, 6.07) is 0.655. The van der Waals surface area contributed by atoms with Crippen LogP contribution in [0.5, 0.6) is 6.01 Å². The molecule has 4 aliphatic heterocycles. The van der Waals surface area contributed by atoms with Gasteiger partial charge in [0.25, 0.3) is 0 Å². The van der Waals surface area contributed by atoms with Gasteiger partial charge in [0.05, 0.1) is 46.6 Å². The van der Waals surface area contributed by atoms with Crippen molar-refractivity contribution in [2.75, 3.05) is 56.2 Å². The second-order valence-corrected chi connectivity index (χ2v) is 18.9. The van der Waals surface area contributed by atoms with E-state index in [2.05, 4.69) is 20.3 Å². The highest BCUT2D eigenvalue weighted by Crippen LogP contribution is 2.48. The van der Waals surface area contributed by atoms with Crippen LogP contribution < -0.4 is 15.0 Å². The number of nitrogens with zero attached hydrogens (tertiary/aromatic N) is 6. The van der Waals surface area contributed by atoms with Crippen LogP contribution >= 0.6 is 11.3 Å². The first-order valence-electron chi connectivity index (χ1n) is 19.7. The highest BCUT2D eigenvalue weighted by atomic mass is 32.1. The van der Waals surface area contributed by atoms with Gasteiger partial charge in [-0.15, -0.1) is 0 Å².